The van der Waals surface area contributed by atoms with Gasteiger partial charge in [-0.15, -0.1) is 10.2 Å². The monoisotopic (exact) mass is 816 g/mol. The van der Waals surface area contributed by atoms with Crippen molar-refractivity contribution in [2.45, 2.75) is 101 Å². The molecule has 0 spiro atoms. The van der Waals surface area contributed by atoms with E-state index in [-0.39, 0.29) is 35.7 Å². The normalized spacial score (nSPS) is 20.8. The zero-order valence-corrected chi connectivity index (χ0v) is 34.1. The zero-order chi connectivity index (χ0) is 41.3. The Kier molecular flexibility index (Phi) is 11.1. The number of aromatic nitrogens is 6. The molecule has 2 saturated heterocycles. The summed E-state index contributed by atoms with van der Waals surface area (Å²) in [6, 6.07) is 12.3. The van der Waals surface area contributed by atoms with Crippen LogP contribution in [0, 0.1) is 11.8 Å². The summed E-state index contributed by atoms with van der Waals surface area (Å²) in [7, 11) is 2.64. The van der Waals surface area contributed by atoms with Gasteiger partial charge in [-0.25, -0.2) is 19.6 Å². The molecule has 4 atom stereocenters. The van der Waals surface area contributed by atoms with Crippen LogP contribution in [0.5, 0.6) is 0 Å². The number of amides is 4. The average Bonchev–Trinajstić information content (AvgIpc) is 4.12. The predicted octanol–water partition coefficient (Wildman–Crippen LogP) is 6.72. The molecule has 5 aromatic rings. The van der Waals surface area contributed by atoms with Crippen LogP contribution in [-0.4, -0.2) is 103 Å². The standard InChI is InChI=1S/C44H52N10O6/c1-59-43(57)49-37(25-9-3-4-10-25)41(55)53-19-7-13-35(53)39-45-24-34(48-39)29-16-15-27-21-31(51-52-32(27)22-29)28-17-18-30-33(23-28)47-40(46-30)36-14-8-20-54(36)42(56)38(50-44(58)60-2)26-11-5-6-12-26/h15-18,21-26,35-38H,3-14,19-20H2,1-2H3,(H,45,48)(H,46,47)(H,49,57)(H,50,58)/t35-,36-,37-,38-/m0/s1. The van der Waals surface area contributed by atoms with E-state index in [0.717, 1.165) is 122 Å². The van der Waals surface area contributed by atoms with E-state index in [1.165, 1.54) is 14.2 Å². The van der Waals surface area contributed by atoms with Crippen molar-refractivity contribution < 1.29 is 28.7 Å². The number of benzene rings is 2. The van der Waals surface area contributed by atoms with Crippen molar-refractivity contribution in [2.24, 2.45) is 11.8 Å². The largest absolute Gasteiger partial charge is 0.453 e. The van der Waals surface area contributed by atoms with Gasteiger partial charge in [-0.05, 0) is 87.5 Å². The molecule has 5 heterocycles. The van der Waals surface area contributed by atoms with Crippen molar-refractivity contribution in [2.75, 3.05) is 27.3 Å². The lowest BCUT2D eigenvalue weighted by Gasteiger charge is -2.31. The lowest BCUT2D eigenvalue weighted by molar-refractivity contribution is -0.136. The molecule has 2 aromatic carbocycles. The maximum Gasteiger partial charge on any atom is 0.407 e. The predicted molar refractivity (Wildman–Crippen MR) is 222 cm³/mol. The summed E-state index contributed by atoms with van der Waals surface area (Å²) < 4.78 is 9.75. The lowest BCUT2D eigenvalue weighted by Crippen LogP contribution is -2.51. The molecule has 0 bridgehead atoms. The third-order valence-corrected chi connectivity index (χ3v) is 13.2. The van der Waals surface area contributed by atoms with Gasteiger partial charge in [0.1, 0.15) is 23.7 Å². The molecule has 3 aromatic heterocycles. The number of methoxy groups -OCH3 is 2. The fraction of sp³-hybridized carbons (Fsp3) is 0.500. The fourth-order valence-corrected chi connectivity index (χ4v) is 10.0. The van der Waals surface area contributed by atoms with Gasteiger partial charge in [0.15, 0.2) is 0 Å². The molecule has 4 N–H and O–H groups in total. The Bertz CT molecular complexity index is 2400. The molecule has 4 aliphatic rings. The number of hydrogen-bond acceptors (Lipinski definition) is 10. The van der Waals surface area contributed by atoms with Crippen molar-refractivity contribution >= 4 is 45.9 Å². The minimum atomic E-state index is -0.616. The van der Waals surface area contributed by atoms with Crippen LogP contribution in [-0.2, 0) is 19.1 Å². The third kappa shape index (κ3) is 7.74. The number of H-pyrrole nitrogens is 2. The van der Waals surface area contributed by atoms with Crippen molar-refractivity contribution in [3.8, 4) is 22.5 Å². The molecule has 2 aliphatic heterocycles. The van der Waals surface area contributed by atoms with Crippen molar-refractivity contribution in [1.82, 2.24) is 50.6 Å². The van der Waals surface area contributed by atoms with Gasteiger partial charge >= 0.3 is 12.2 Å². The van der Waals surface area contributed by atoms with Crippen LogP contribution < -0.4 is 10.6 Å². The second-order valence-electron chi connectivity index (χ2n) is 16.7. The van der Waals surface area contributed by atoms with Gasteiger partial charge in [-0.2, -0.15) is 0 Å². The van der Waals surface area contributed by atoms with E-state index in [1.54, 1.807) is 6.20 Å². The van der Waals surface area contributed by atoms with Gasteiger partial charge in [-0.3, -0.25) is 9.59 Å². The van der Waals surface area contributed by atoms with Crippen LogP contribution in [0.1, 0.15) is 101 Å². The number of alkyl carbamates (subject to hydrolysis) is 2. The molecule has 16 nitrogen and oxygen atoms in total. The third-order valence-electron chi connectivity index (χ3n) is 13.2. The van der Waals surface area contributed by atoms with E-state index in [4.69, 9.17) is 19.4 Å². The molecule has 2 aliphatic carbocycles. The van der Waals surface area contributed by atoms with E-state index >= 15 is 0 Å². The van der Waals surface area contributed by atoms with Gasteiger partial charge in [0, 0.05) is 29.6 Å². The quantitative estimate of drug-likeness (QED) is 0.117. The van der Waals surface area contributed by atoms with E-state index in [2.05, 4.69) is 30.8 Å². The van der Waals surface area contributed by atoms with Crippen molar-refractivity contribution in [3.63, 3.8) is 0 Å². The molecule has 60 heavy (non-hydrogen) atoms. The number of carbonyl (C=O) groups excluding carboxylic acids is 4. The van der Waals surface area contributed by atoms with Gasteiger partial charge in [0.25, 0.3) is 0 Å². The smallest absolute Gasteiger partial charge is 0.407 e. The summed E-state index contributed by atoms with van der Waals surface area (Å²) in [4.78, 5) is 72.7. The lowest BCUT2D eigenvalue weighted by atomic mass is 9.96. The maximum atomic E-state index is 14.0. The topological polar surface area (TPSA) is 200 Å². The number of imidazole rings is 2. The molecular weight excluding hydrogens is 765 g/mol. The van der Waals surface area contributed by atoms with Crippen LogP contribution in [0.2, 0.25) is 0 Å². The van der Waals surface area contributed by atoms with Gasteiger partial charge in [0.05, 0.1) is 60.4 Å². The van der Waals surface area contributed by atoms with E-state index in [1.807, 2.05) is 52.3 Å². The molecule has 314 valence electrons. The minimum Gasteiger partial charge on any atom is -0.453 e. The summed E-state index contributed by atoms with van der Waals surface area (Å²) in [5.74, 6) is 1.47. The van der Waals surface area contributed by atoms with E-state index in [0.29, 0.717) is 24.6 Å². The maximum absolute atomic E-state index is 14.0. The van der Waals surface area contributed by atoms with E-state index in [9.17, 15) is 19.2 Å². The molecule has 2 saturated carbocycles. The minimum absolute atomic E-state index is 0.0789. The highest BCUT2D eigenvalue weighted by Gasteiger charge is 2.42. The van der Waals surface area contributed by atoms with Crippen LogP contribution >= 0.6 is 0 Å². The molecule has 16 heteroatoms. The first-order chi connectivity index (χ1) is 29.3. The van der Waals surface area contributed by atoms with Crippen molar-refractivity contribution in [1.29, 1.82) is 0 Å². The molecule has 4 fully saturated rings. The van der Waals surface area contributed by atoms with Gasteiger partial charge in [-0.1, -0.05) is 43.9 Å². The van der Waals surface area contributed by atoms with Crippen molar-refractivity contribution in [3.05, 3.63) is 60.3 Å². The molecular formula is C44H52N10O6. The Morgan fingerprint density at radius 3 is 1.88 bits per heavy atom. The van der Waals surface area contributed by atoms with Crippen LogP contribution in [0.15, 0.2) is 48.7 Å². The highest BCUT2D eigenvalue weighted by atomic mass is 16.5. The second-order valence-corrected chi connectivity index (χ2v) is 16.7. The number of aromatic amines is 2. The summed E-state index contributed by atoms with van der Waals surface area (Å²) in [5, 5.41) is 15.8. The number of nitrogens with one attached hydrogen (secondary N) is 4. The highest BCUT2D eigenvalue weighted by Crippen LogP contribution is 2.38. The Balaban J connectivity index is 0.903. The second kappa shape index (κ2) is 16.9. The first-order valence-corrected chi connectivity index (χ1v) is 21.4. The van der Waals surface area contributed by atoms with E-state index < -0.39 is 24.3 Å². The Hall–Kier alpha value is -6.06. The molecule has 4 amide bonds. The molecule has 0 unspecified atom stereocenters. The zero-order valence-electron chi connectivity index (χ0n) is 34.1. The first kappa shape index (κ1) is 39.4. The fourth-order valence-electron chi connectivity index (χ4n) is 10.0. The number of nitrogens with zero attached hydrogens (tertiary/aromatic N) is 6. The first-order valence-electron chi connectivity index (χ1n) is 21.4. The van der Waals surface area contributed by atoms with Crippen LogP contribution in [0.4, 0.5) is 9.59 Å². The van der Waals surface area contributed by atoms with Gasteiger partial charge in [0.2, 0.25) is 11.8 Å². The van der Waals surface area contributed by atoms with Crippen LogP contribution in [0.3, 0.4) is 0 Å². The average molecular weight is 817 g/mol. The highest BCUT2D eigenvalue weighted by molar-refractivity contribution is 5.89. The van der Waals surface area contributed by atoms with Gasteiger partial charge < -0.3 is 39.9 Å². The number of likely N-dealkylation sites (tertiary alicyclic amines) is 2. The Morgan fingerprint density at radius 2 is 1.27 bits per heavy atom. The number of ether oxygens (including phenoxy) is 2. The SMILES string of the molecule is COC(=O)N[C@H](C(=O)N1CCC[C@H]1c1ncc(-c2ccc3cc(-c4ccc5nc([C@@H]6CCCN6C(=O)[C@@H](NC(=O)OC)C6CCCC6)[nH]c5c4)nnc3c2)[nH]1)C1CCCC1. The number of hydrogen-bond donors (Lipinski definition) is 4. The number of fused-ring (bicyclic) bond motifs is 2. The summed E-state index contributed by atoms with van der Waals surface area (Å²) in [6.45, 7) is 1.21. The summed E-state index contributed by atoms with van der Waals surface area (Å²) >= 11 is 0. The summed E-state index contributed by atoms with van der Waals surface area (Å²) in [5.41, 5.74) is 5.67. The number of carbonyl (C=O) groups is 4. The summed E-state index contributed by atoms with van der Waals surface area (Å²) in [6.07, 6.45) is 11.7. The molecule has 0 radical (unpaired) electrons. The Morgan fingerprint density at radius 1 is 0.667 bits per heavy atom. The molecule has 9 rings (SSSR count). The Labute approximate surface area is 347 Å². The van der Waals surface area contributed by atoms with Crippen LogP contribution in [0.25, 0.3) is 44.5 Å². The number of rotatable bonds is 10.